The summed E-state index contributed by atoms with van der Waals surface area (Å²) in [5.41, 5.74) is -0.331. The van der Waals surface area contributed by atoms with Crippen LogP contribution in [-0.2, 0) is 14.3 Å². The van der Waals surface area contributed by atoms with E-state index in [-0.39, 0.29) is 0 Å². The number of rotatable bonds is 10. The van der Waals surface area contributed by atoms with Crippen molar-refractivity contribution in [1.82, 2.24) is 15.0 Å². The minimum atomic E-state index is -1.10. The summed E-state index contributed by atoms with van der Waals surface area (Å²) >= 11 is 1.18. The molecule has 2 aromatic heterocycles. The molecule has 3 aromatic rings. The number of aryl methyl sites for hydroxylation is 1. The van der Waals surface area contributed by atoms with Crippen LogP contribution in [0.1, 0.15) is 43.2 Å². The van der Waals surface area contributed by atoms with Crippen LogP contribution in [0.5, 0.6) is 5.75 Å². The lowest BCUT2D eigenvalue weighted by molar-refractivity contribution is -0.158. The van der Waals surface area contributed by atoms with E-state index in [0.717, 1.165) is 5.69 Å². The van der Waals surface area contributed by atoms with E-state index in [4.69, 9.17) is 14.2 Å². The van der Waals surface area contributed by atoms with E-state index in [0.29, 0.717) is 46.4 Å². The maximum absolute atomic E-state index is 12.0. The van der Waals surface area contributed by atoms with Gasteiger partial charge in [-0.25, -0.2) is 24.5 Å². The number of benzene rings is 1. The van der Waals surface area contributed by atoms with Gasteiger partial charge in [0, 0.05) is 11.8 Å². The molecule has 2 N–H and O–H groups in total. The number of nitrogens with one attached hydrogen (secondary N) is 2. The maximum atomic E-state index is 12.0. The molecule has 3 rings (SSSR count). The van der Waals surface area contributed by atoms with Crippen molar-refractivity contribution in [3.05, 3.63) is 47.2 Å². The molecule has 0 aliphatic carbocycles. The van der Waals surface area contributed by atoms with E-state index < -0.39 is 17.5 Å². The molecule has 0 aliphatic rings. The number of carbonyl (C=O) groups is 2. The first-order chi connectivity index (χ1) is 16.2. The van der Waals surface area contributed by atoms with Gasteiger partial charge in [0.1, 0.15) is 28.1 Å². The molecule has 10 nitrogen and oxygen atoms in total. The SMILES string of the molecule is CCOC(=O)c1cnc(Nc2cc(Nc3ccc(OC(C)(C)C(=O)OCC)cc3)nc(C)n2)s1. The van der Waals surface area contributed by atoms with Crippen molar-refractivity contribution in [3.8, 4) is 5.75 Å². The summed E-state index contributed by atoms with van der Waals surface area (Å²) in [5, 5.41) is 6.82. The van der Waals surface area contributed by atoms with Gasteiger partial charge in [0.2, 0.25) is 0 Å². The number of hydrogen-bond donors (Lipinski definition) is 2. The Kier molecular flexibility index (Phi) is 8.00. The summed E-state index contributed by atoms with van der Waals surface area (Å²) in [6, 6.07) is 8.86. The summed E-state index contributed by atoms with van der Waals surface area (Å²) in [6.45, 7) is 9.19. The summed E-state index contributed by atoms with van der Waals surface area (Å²) in [6.07, 6.45) is 1.46. The monoisotopic (exact) mass is 485 g/mol. The number of thiazole rings is 1. The molecule has 0 spiro atoms. The Morgan fingerprint density at radius 1 is 1.00 bits per heavy atom. The summed E-state index contributed by atoms with van der Waals surface area (Å²) < 4.78 is 15.8. The van der Waals surface area contributed by atoms with Crippen LogP contribution >= 0.6 is 11.3 Å². The lowest BCUT2D eigenvalue weighted by Crippen LogP contribution is -2.39. The number of nitrogens with zero attached hydrogens (tertiary/aromatic N) is 3. The minimum Gasteiger partial charge on any atom is -0.476 e. The van der Waals surface area contributed by atoms with Gasteiger partial charge in [0.05, 0.1) is 19.4 Å². The van der Waals surface area contributed by atoms with Crippen molar-refractivity contribution >= 4 is 45.7 Å². The number of hydrogen-bond acceptors (Lipinski definition) is 11. The summed E-state index contributed by atoms with van der Waals surface area (Å²) in [4.78, 5) is 37.3. The Morgan fingerprint density at radius 2 is 1.65 bits per heavy atom. The molecule has 34 heavy (non-hydrogen) atoms. The van der Waals surface area contributed by atoms with E-state index in [9.17, 15) is 9.59 Å². The van der Waals surface area contributed by atoms with E-state index in [2.05, 4.69) is 25.6 Å². The normalized spacial score (nSPS) is 11.0. The fourth-order valence-electron chi connectivity index (χ4n) is 2.83. The standard InChI is InChI=1S/C23H27N5O5S/c1-6-31-20(29)17-13-24-22(34-17)28-19-12-18(25-14(3)26-19)27-15-8-10-16(11-9-15)33-23(4,5)21(30)32-7-2/h8-13H,6-7H2,1-5H3,(H2,24,25,26,27,28). The van der Waals surface area contributed by atoms with Crippen LogP contribution in [0.3, 0.4) is 0 Å². The molecule has 0 unspecified atom stereocenters. The average Bonchev–Trinajstić information content (AvgIpc) is 3.23. The van der Waals surface area contributed by atoms with Crippen molar-refractivity contribution in [2.24, 2.45) is 0 Å². The molecule has 0 saturated heterocycles. The van der Waals surface area contributed by atoms with E-state index in [1.54, 1.807) is 52.8 Å². The first kappa shape index (κ1) is 24.9. The van der Waals surface area contributed by atoms with Crippen LogP contribution in [0.15, 0.2) is 36.5 Å². The Morgan fingerprint density at radius 3 is 2.29 bits per heavy atom. The Labute approximate surface area is 201 Å². The fourth-order valence-corrected chi connectivity index (χ4v) is 3.55. The first-order valence-corrected chi connectivity index (χ1v) is 11.5. The van der Waals surface area contributed by atoms with Crippen LogP contribution in [0.2, 0.25) is 0 Å². The molecule has 0 atom stereocenters. The highest BCUT2D eigenvalue weighted by molar-refractivity contribution is 7.17. The van der Waals surface area contributed by atoms with E-state index in [1.165, 1.54) is 17.5 Å². The fraction of sp³-hybridized carbons (Fsp3) is 0.348. The van der Waals surface area contributed by atoms with Gasteiger partial charge in [-0.2, -0.15) is 0 Å². The molecule has 0 saturated carbocycles. The molecule has 0 amide bonds. The van der Waals surface area contributed by atoms with Gasteiger partial charge in [-0.1, -0.05) is 11.3 Å². The second kappa shape index (κ2) is 10.9. The number of esters is 2. The zero-order valence-corrected chi connectivity index (χ0v) is 20.5. The van der Waals surface area contributed by atoms with Crippen LogP contribution in [0.25, 0.3) is 0 Å². The predicted molar refractivity (Wildman–Crippen MR) is 129 cm³/mol. The maximum Gasteiger partial charge on any atom is 0.350 e. The molecule has 180 valence electrons. The molecule has 0 radical (unpaired) electrons. The third-order valence-electron chi connectivity index (χ3n) is 4.32. The van der Waals surface area contributed by atoms with Crippen LogP contribution in [0, 0.1) is 6.92 Å². The molecule has 1 aromatic carbocycles. The quantitative estimate of drug-likeness (QED) is 0.393. The highest BCUT2D eigenvalue weighted by Gasteiger charge is 2.31. The zero-order chi connectivity index (χ0) is 24.7. The van der Waals surface area contributed by atoms with Gasteiger partial charge < -0.3 is 24.8 Å². The van der Waals surface area contributed by atoms with Gasteiger partial charge in [-0.15, -0.1) is 0 Å². The lowest BCUT2D eigenvalue weighted by atomic mass is 10.1. The first-order valence-electron chi connectivity index (χ1n) is 10.7. The summed E-state index contributed by atoms with van der Waals surface area (Å²) in [7, 11) is 0. The minimum absolute atomic E-state index is 0.290. The molecule has 0 fully saturated rings. The predicted octanol–water partition coefficient (Wildman–Crippen LogP) is 4.63. The number of anilines is 4. The van der Waals surface area contributed by atoms with Crippen LogP contribution in [0.4, 0.5) is 22.5 Å². The van der Waals surface area contributed by atoms with Crippen LogP contribution < -0.4 is 15.4 Å². The average molecular weight is 486 g/mol. The van der Waals surface area contributed by atoms with Crippen LogP contribution in [-0.4, -0.2) is 45.7 Å². The van der Waals surface area contributed by atoms with Gasteiger partial charge >= 0.3 is 11.9 Å². The molecular weight excluding hydrogens is 458 g/mol. The number of carbonyl (C=O) groups excluding carboxylic acids is 2. The molecular formula is C23H27N5O5S. The molecule has 0 aliphatic heterocycles. The number of ether oxygens (including phenoxy) is 3. The zero-order valence-electron chi connectivity index (χ0n) is 19.7. The Balaban J connectivity index is 1.67. The Bertz CT molecular complexity index is 1150. The molecule has 11 heteroatoms. The van der Waals surface area contributed by atoms with Crippen molar-refractivity contribution in [2.75, 3.05) is 23.8 Å². The topological polar surface area (TPSA) is 125 Å². The van der Waals surface area contributed by atoms with Gasteiger partial charge in [-0.3, -0.25) is 0 Å². The highest BCUT2D eigenvalue weighted by atomic mass is 32.1. The molecule has 0 bridgehead atoms. The third-order valence-corrected chi connectivity index (χ3v) is 5.21. The smallest absolute Gasteiger partial charge is 0.350 e. The molecule has 2 heterocycles. The van der Waals surface area contributed by atoms with Gasteiger partial charge in [-0.05, 0) is 58.9 Å². The van der Waals surface area contributed by atoms with E-state index >= 15 is 0 Å². The second-order valence-corrected chi connectivity index (χ2v) is 8.57. The highest BCUT2D eigenvalue weighted by Crippen LogP contribution is 2.26. The van der Waals surface area contributed by atoms with E-state index in [1.807, 2.05) is 12.1 Å². The second-order valence-electron chi connectivity index (χ2n) is 7.54. The van der Waals surface area contributed by atoms with Gasteiger partial charge in [0.15, 0.2) is 10.7 Å². The van der Waals surface area contributed by atoms with Crippen molar-refractivity contribution < 1.29 is 23.8 Å². The van der Waals surface area contributed by atoms with Crippen molar-refractivity contribution in [1.29, 1.82) is 0 Å². The van der Waals surface area contributed by atoms with Crippen molar-refractivity contribution in [2.45, 2.75) is 40.2 Å². The largest absolute Gasteiger partial charge is 0.476 e. The Hall–Kier alpha value is -3.73. The van der Waals surface area contributed by atoms with Gasteiger partial charge in [0.25, 0.3) is 0 Å². The third kappa shape index (κ3) is 6.64. The summed E-state index contributed by atoms with van der Waals surface area (Å²) in [5.74, 6) is 1.33. The lowest BCUT2D eigenvalue weighted by Gasteiger charge is -2.24. The number of aromatic nitrogens is 3. The van der Waals surface area contributed by atoms with Crippen molar-refractivity contribution in [3.63, 3.8) is 0 Å².